The fourth-order valence-electron chi connectivity index (χ4n) is 6.04. The van der Waals surface area contributed by atoms with E-state index in [1.165, 1.54) is 18.2 Å². The number of amides is 2. The maximum atomic E-state index is 15.2. The third-order valence-corrected chi connectivity index (χ3v) is 8.51. The van der Waals surface area contributed by atoms with E-state index < -0.39 is 16.8 Å². The van der Waals surface area contributed by atoms with Gasteiger partial charge in [0.1, 0.15) is 5.82 Å². The maximum Gasteiger partial charge on any atom is 0.246 e. The van der Waals surface area contributed by atoms with E-state index in [-0.39, 0.29) is 34.0 Å². The van der Waals surface area contributed by atoms with E-state index in [0.717, 1.165) is 42.6 Å². The summed E-state index contributed by atoms with van der Waals surface area (Å²) in [5.74, 6) is -0.586. The van der Waals surface area contributed by atoms with Crippen LogP contribution < -0.4 is 10.2 Å². The first kappa shape index (κ1) is 23.2. The molecular formula is C26H26Cl2FN3O2. The van der Waals surface area contributed by atoms with Crippen molar-refractivity contribution in [3.8, 4) is 0 Å². The lowest BCUT2D eigenvalue weighted by Crippen LogP contribution is -2.41. The molecule has 178 valence electrons. The highest BCUT2D eigenvalue weighted by Gasteiger charge is 2.51. The van der Waals surface area contributed by atoms with Gasteiger partial charge in [0.15, 0.2) is 0 Å². The Labute approximate surface area is 208 Å². The van der Waals surface area contributed by atoms with Gasteiger partial charge in [-0.3, -0.25) is 9.59 Å². The molecule has 0 aromatic heterocycles. The highest BCUT2D eigenvalue weighted by atomic mass is 35.5. The van der Waals surface area contributed by atoms with Gasteiger partial charge in [0.25, 0.3) is 0 Å². The minimum absolute atomic E-state index is 0.125. The number of fused-ring (bicyclic) bond motifs is 2. The summed E-state index contributed by atoms with van der Waals surface area (Å²) >= 11 is 12.8. The van der Waals surface area contributed by atoms with E-state index in [4.69, 9.17) is 23.2 Å². The summed E-state index contributed by atoms with van der Waals surface area (Å²) in [7, 11) is 1.81. The van der Waals surface area contributed by atoms with Gasteiger partial charge in [0.05, 0.1) is 21.0 Å². The second-order valence-electron chi connectivity index (χ2n) is 9.52. The lowest BCUT2D eigenvalue weighted by molar-refractivity contribution is -0.125. The van der Waals surface area contributed by atoms with Gasteiger partial charge in [-0.05, 0) is 55.2 Å². The first-order valence-corrected chi connectivity index (χ1v) is 12.2. The molecule has 5 nitrogen and oxygen atoms in total. The number of halogens is 3. The van der Waals surface area contributed by atoms with Crippen LogP contribution in [0.5, 0.6) is 0 Å². The number of anilines is 2. The Kier molecular flexibility index (Phi) is 5.64. The van der Waals surface area contributed by atoms with Gasteiger partial charge < -0.3 is 15.1 Å². The highest BCUT2D eigenvalue weighted by molar-refractivity contribution is 6.42. The summed E-state index contributed by atoms with van der Waals surface area (Å²) < 4.78 is 15.2. The van der Waals surface area contributed by atoms with E-state index >= 15 is 4.39 Å². The van der Waals surface area contributed by atoms with Gasteiger partial charge in [-0.2, -0.15) is 0 Å². The lowest BCUT2D eigenvalue weighted by atomic mass is 9.80. The lowest BCUT2D eigenvalue weighted by Gasteiger charge is -2.34. The van der Waals surface area contributed by atoms with Crippen LogP contribution in [0.3, 0.4) is 0 Å². The first-order chi connectivity index (χ1) is 16.2. The summed E-state index contributed by atoms with van der Waals surface area (Å²) in [6.07, 6.45) is 5.50. The van der Waals surface area contributed by atoms with Crippen molar-refractivity contribution in [1.82, 2.24) is 4.90 Å². The normalized spacial score (nSPS) is 23.0. The number of nitrogens with one attached hydrogen (secondary N) is 1. The summed E-state index contributed by atoms with van der Waals surface area (Å²) in [6.45, 7) is 4.19. The standard InChI is InChI=1S/C26H26Cl2FN3O2/c1-3-21(33)32-13-12-26(15-32,22-19(29)9-8-18(27)23(22)28)30-16-6-7-17-20(14-16)31(2)24(34)25(17)10-4-5-11-25/h3,6-9,14,30H,1,4-5,10-13,15H2,2H3. The Balaban J connectivity index is 1.58. The third kappa shape index (κ3) is 3.34. The minimum atomic E-state index is -0.995. The van der Waals surface area contributed by atoms with Crippen LogP contribution in [0.4, 0.5) is 15.8 Å². The molecule has 2 aromatic rings. The summed E-state index contributed by atoms with van der Waals surface area (Å²) in [6, 6.07) is 8.60. The van der Waals surface area contributed by atoms with E-state index in [1.54, 1.807) is 16.8 Å². The molecule has 1 N–H and O–H groups in total. The Morgan fingerprint density at radius 1 is 1.18 bits per heavy atom. The number of likely N-dealkylation sites (tertiary alicyclic amines) is 1. The molecule has 1 spiro atoms. The van der Waals surface area contributed by atoms with Gasteiger partial charge in [-0.25, -0.2) is 4.39 Å². The van der Waals surface area contributed by atoms with Crippen molar-refractivity contribution in [3.05, 3.63) is 70.0 Å². The Morgan fingerprint density at radius 2 is 1.91 bits per heavy atom. The van der Waals surface area contributed by atoms with Crippen molar-refractivity contribution >= 4 is 46.4 Å². The molecule has 1 atom stereocenters. The van der Waals surface area contributed by atoms with Crippen LogP contribution in [0.2, 0.25) is 10.0 Å². The molecule has 0 radical (unpaired) electrons. The number of rotatable bonds is 4. The van der Waals surface area contributed by atoms with Crippen LogP contribution in [0.1, 0.15) is 43.2 Å². The van der Waals surface area contributed by atoms with E-state index in [9.17, 15) is 9.59 Å². The average Bonchev–Trinajstić information content (AvgIpc) is 3.53. The molecule has 2 heterocycles. The van der Waals surface area contributed by atoms with Gasteiger partial charge in [-0.15, -0.1) is 0 Å². The number of carbonyl (C=O) groups excluding carboxylic acids is 2. The zero-order valence-electron chi connectivity index (χ0n) is 19.0. The molecule has 5 rings (SSSR count). The second kappa shape index (κ2) is 8.28. The number of benzene rings is 2. The zero-order valence-corrected chi connectivity index (χ0v) is 20.5. The molecule has 2 amide bonds. The van der Waals surface area contributed by atoms with Gasteiger partial charge in [-0.1, -0.05) is 48.7 Å². The fourth-order valence-corrected chi connectivity index (χ4v) is 6.53. The predicted molar refractivity (Wildman–Crippen MR) is 133 cm³/mol. The number of likely N-dealkylation sites (N-methyl/N-ethyl adjacent to an activating group) is 1. The molecule has 1 saturated heterocycles. The van der Waals surface area contributed by atoms with E-state index in [0.29, 0.717) is 13.0 Å². The number of carbonyl (C=O) groups is 2. The van der Waals surface area contributed by atoms with Crippen molar-refractivity contribution in [1.29, 1.82) is 0 Å². The van der Waals surface area contributed by atoms with Crippen LogP contribution in [0.15, 0.2) is 43.0 Å². The minimum Gasteiger partial charge on any atom is -0.373 e. The first-order valence-electron chi connectivity index (χ1n) is 11.5. The maximum absolute atomic E-state index is 15.2. The molecule has 34 heavy (non-hydrogen) atoms. The van der Waals surface area contributed by atoms with Gasteiger partial charge >= 0.3 is 0 Å². The number of nitrogens with zero attached hydrogens (tertiary/aromatic N) is 2. The number of hydrogen-bond donors (Lipinski definition) is 1. The Hall–Kier alpha value is -2.57. The van der Waals surface area contributed by atoms with E-state index in [2.05, 4.69) is 11.9 Å². The molecule has 0 bridgehead atoms. The van der Waals surface area contributed by atoms with Crippen LogP contribution >= 0.6 is 23.2 Å². The molecular weight excluding hydrogens is 476 g/mol. The summed E-state index contributed by atoms with van der Waals surface area (Å²) in [5, 5.41) is 3.85. The van der Waals surface area contributed by atoms with Crippen LogP contribution in [0, 0.1) is 5.82 Å². The molecule has 8 heteroatoms. The monoisotopic (exact) mass is 501 g/mol. The number of hydrogen-bond acceptors (Lipinski definition) is 3. The quantitative estimate of drug-likeness (QED) is 0.435. The van der Waals surface area contributed by atoms with Crippen LogP contribution in [-0.4, -0.2) is 36.9 Å². The molecule has 2 aromatic carbocycles. The highest BCUT2D eigenvalue weighted by Crippen LogP contribution is 2.52. The molecule has 2 fully saturated rings. The van der Waals surface area contributed by atoms with Crippen molar-refractivity contribution in [2.45, 2.75) is 43.1 Å². The van der Waals surface area contributed by atoms with Crippen LogP contribution in [0.25, 0.3) is 0 Å². The third-order valence-electron chi connectivity index (χ3n) is 7.71. The van der Waals surface area contributed by atoms with Crippen molar-refractivity contribution in [2.75, 3.05) is 30.4 Å². The van der Waals surface area contributed by atoms with Crippen molar-refractivity contribution in [3.63, 3.8) is 0 Å². The molecule has 3 aliphatic rings. The summed E-state index contributed by atoms with van der Waals surface area (Å²) in [4.78, 5) is 28.9. The molecule has 2 aliphatic heterocycles. The smallest absolute Gasteiger partial charge is 0.246 e. The second-order valence-corrected chi connectivity index (χ2v) is 10.3. The topological polar surface area (TPSA) is 52.7 Å². The Bertz CT molecular complexity index is 1210. The SMILES string of the molecule is C=CC(=O)N1CCC(Nc2ccc3c(c2)N(C)C(=O)C32CCCC2)(c2c(F)ccc(Cl)c2Cl)C1. The summed E-state index contributed by atoms with van der Waals surface area (Å²) in [5.41, 5.74) is 1.45. The molecule has 1 saturated carbocycles. The van der Waals surface area contributed by atoms with Gasteiger partial charge in [0.2, 0.25) is 11.8 Å². The largest absolute Gasteiger partial charge is 0.373 e. The molecule has 1 unspecified atom stereocenters. The zero-order chi connectivity index (χ0) is 24.3. The fraction of sp³-hybridized carbons (Fsp3) is 0.385. The average molecular weight is 502 g/mol. The molecule has 1 aliphatic carbocycles. The van der Waals surface area contributed by atoms with E-state index in [1.807, 2.05) is 18.2 Å². The predicted octanol–water partition coefficient (Wildman–Crippen LogP) is 5.65. The van der Waals surface area contributed by atoms with Gasteiger partial charge in [0, 0.05) is 37.1 Å². The van der Waals surface area contributed by atoms with Crippen molar-refractivity contribution in [2.24, 2.45) is 0 Å². The van der Waals surface area contributed by atoms with Crippen molar-refractivity contribution < 1.29 is 14.0 Å². The van der Waals surface area contributed by atoms with Crippen LogP contribution in [-0.2, 0) is 20.5 Å². The Morgan fingerprint density at radius 3 is 2.62 bits per heavy atom.